The zero-order valence-corrected chi connectivity index (χ0v) is 20.3. The van der Waals surface area contributed by atoms with Crippen LogP contribution in [0.2, 0.25) is 0 Å². The van der Waals surface area contributed by atoms with Gasteiger partial charge in [0.2, 0.25) is 10.0 Å². The number of nitrogens with zero attached hydrogens (tertiary/aromatic N) is 1. The first-order valence-corrected chi connectivity index (χ1v) is 12.8. The Kier molecular flexibility index (Phi) is 8.26. The smallest absolute Gasteiger partial charge is 0.338 e. The molecule has 7 nitrogen and oxygen atoms in total. The molecule has 2 aromatic carbocycles. The van der Waals surface area contributed by atoms with Crippen LogP contribution in [0.5, 0.6) is 0 Å². The van der Waals surface area contributed by atoms with Gasteiger partial charge in [0.05, 0.1) is 10.5 Å². The summed E-state index contributed by atoms with van der Waals surface area (Å²) < 4.78 is 32.6. The molecule has 33 heavy (non-hydrogen) atoms. The van der Waals surface area contributed by atoms with E-state index in [2.05, 4.69) is 19.2 Å². The van der Waals surface area contributed by atoms with Crippen LogP contribution in [-0.2, 0) is 19.6 Å². The highest BCUT2D eigenvalue weighted by Crippen LogP contribution is 2.27. The standard InChI is InChI=1S/C25H32N2O5S/c1-4-18(2)21-10-6-7-11-23(21)26-24(28)17-32-25(29)22-16-20(13-12-19(22)3)33(30,31)27-14-8-5-9-15-27/h6-7,10-13,16,18H,4-5,8-9,14-15,17H2,1-3H3,(H,26,28)/t18-/m0/s1. The minimum atomic E-state index is -3.68. The topological polar surface area (TPSA) is 92.8 Å². The average Bonchev–Trinajstić information content (AvgIpc) is 2.83. The van der Waals surface area contributed by atoms with Crippen LogP contribution >= 0.6 is 0 Å². The molecule has 1 fully saturated rings. The average molecular weight is 473 g/mol. The molecule has 8 heteroatoms. The van der Waals surface area contributed by atoms with E-state index in [1.807, 2.05) is 24.3 Å². The number of hydrogen-bond acceptors (Lipinski definition) is 5. The van der Waals surface area contributed by atoms with Crippen molar-refractivity contribution in [3.05, 3.63) is 59.2 Å². The number of ether oxygens (including phenoxy) is 1. The molecule has 1 aliphatic rings. The second-order valence-electron chi connectivity index (χ2n) is 8.46. The third-order valence-corrected chi connectivity index (χ3v) is 7.99. The molecule has 0 spiro atoms. The molecule has 2 aromatic rings. The minimum Gasteiger partial charge on any atom is -0.452 e. The van der Waals surface area contributed by atoms with Crippen molar-refractivity contribution in [3.8, 4) is 0 Å². The lowest BCUT2D eigenvalue weighted by Gasteiger charge is -2.26. The van der Waals surface area contributed by atoms with Crippen molar-refractivity contribution in [2.24, 2.45) is 0 Å². The van der Waals surface area contributed by atoms with Gasteiger partial charge in [-0.25, -0.2) is 13.2 Å². The predicted octanol–water partition coefficient (Wildman–Crippen LogP) is 4.48. The number of esters is 1. The van der Waals surface area contributed by atoms with Crippen LogP contribution in [0.3, 0.4) is 0 Å². The van der Waals surface area contributed by atoms with Crippen molar-refractivity contribution < 1.29 is 22.7 Å². The second kappa shape index (κ2) is 10.9. The molecule has 1 aliphatic heterocycles. The maximum Gasteiger partial charge on any atom is 0.338 e. The number of anilines is 1. The number of piperidine rings is 1. The Bertz CT molecular complexity index is 1110. The van der Waals surface area contributed by atoms with E-state index in [4.69, 9.17) is 4.74 Å². The highest BCUT2D eigenvalue weighted by atomic mass is 32.2. The number of carbonyl (C=O) groups excluding carboxylic acids is 2. The van der Waals surface area contributed by atoms with E-state index in [9.17, 15) is 18.0 Å². The first-order valence-electron chi connectivity index (χ1n) is 11.4. The number of benzene rings is 2. The molecular weight excluding hydrogens is 440 g/mol. The quantitative estimate of drug-likeness (QED) is 0.572. The van der Waals surface area contributed by atoms with Gasteiger partial charge in [-0.15, -0.1) is 0 Å². The Labute approximate surface area is 196 Å². The molecule has 0 aromatic heterocycles. The van der Waals surface area contributed by atoms with Gasteiger partial charge in [-0.2, -0.15) is 4.31 Å². The van der Waals surface area contributed by atoms with E-state index in [-0.39, 0.29) is 16.4 Å². The van der Waals surface area contributed by atoms with Crippen LogP contribution in [0.25, 0.3) is 0 Å². The van der Waals surface area contributed by atoms with Crippen molar-refractivity contribution in [3.63, 3.8) is 0 Å². The van der Waals surface area contributed by atoms with Gasteiger partial charge in [-0.3, -0.25) is 4.79 Å². The Balaban J connectivity index is 1.68. The Morgan fingerprint density at radius 2 is 1.79 bits per heavy atom. The normalized spacial score (nSPS) is 15.6. The van der Waals surface area contributed by atoms with Crippen molar-refractivity contribution in [1.29, 1.82) is 0 Å². The van der Waals surface area contributed by atoms with Crippen LogP contribution in [-0.4, -0.2) is 44.3 Å². The van der Waals surface area contributed by atoms with Crippen LogP contribution < -0.4 is 5.32 Å². The summed E-state index contributed by atoms with van der Waals surface area (Å²) in [6.45, 7) is 6.36. The molecule has 1 amide bonds. The number of rotatable bonds is 8. The lowest BCUT2D eigenvalue weighted by Crippen LogP contribution is -2.35. The van der Waals surface area contributed by atoms with Crippen LogP contribution in [0.1, 0.15) is 66.9 Å². The summed E-state index contributed by atoms with van der Waals surface area (Å²) >= 11 is 0. The third-order valence-electron chi connectivity index (χ3n) is 6.09. The fourth-order valence-corrected chi connectivity index (χ4v) is 5.44. The Morgan fingerprint density at radius 3 is 2.48 bits per heavy atom. The lowest BCUT2D eigenvalue weighted by atomic mass is 9.97. The molecule has 0 bridgehead atoms. The summed E-state index contributed by atoms with van der Waals surface area (Å²) in [7, 11) is -3.68. The van der Waals surface area contributed by atoms with Gasteiger partial charge in [-0.1, -0.05) is 44.5 Å². The summed E-state index contributed by atoms with van der Waals surface area (Å²) in [4.78, 5) is 25.2. The van der Waals surface area contributed by atoms with E-state index in [1.54, 1.807) is 13.0 Å². The lowest BCUT2D eigenvalue weighted by molar-refractivity contribution is -0.119. The summed E-state index contributed by atoms with van der Waals surface area (Å²) in [6, 6.07) is 12.0. The fraction of sp³-hybridized carbons (Fsp3) is 0.440. The maximum atomic E-state index is 13.0. The van der Waals surface area contributed by atoms with Gasteiger partial charge in [0.25, 0.3) is 5.91 Å². The fourth-order valence-electron chi connectivity index (χ4n) is 3.89. The highest BCUT2D eigenvalue weighted by molar-refractivity contribution is 7.89. The van der Waals surface area contributed by atoms with E-state index in [1.165, 1.54) is 16.4 Å². The van der Waals surface area contributed by atoms with E-state index >= 15 is 0 Å². The summed E-state index contributed by atoms with van der Waals surface area (Å²) in [6.07, 6.45) is 3.60. The SMILES string of the molecule is CC[C@H](C)c1ccccc1NC(=O)COC(=O)c1cc(S(=O)(=O)N2CCCCC2)ccc1C. The molecule has 0 aliphatic carbocycles. The van der Waals surface area contributed by atoms with Crippen LogP contribution in [0.15, 0.2) is 47.4 Å². The number of carbonyl (C=O) groups is 2. The number of sulfonamides is 1. The van der Waals surface area contributed by atoms with Crippen LogP contribution in [0.4, 0.5) is 5.69 Å². The van der Waals surface area contributed by atoms with Crippen molar-refractivity contribution >= 4 is 27.6 Å². The first kappa shape index (κ1) is 24.9. The van der Waals surface area contributed by atoms with E-state index in [0.29, 0.717) is 24.3 Å². The van der Waals surface area contributed by atoms with E-state index in [0.717, 1.165) is 31.2 Å². The predicted molar refractivity (Wildman–Crippen MR) is 128 cm³/mol. The van der Waals surface area contributed by atoms with E-state index < -0.39 is 28.5 Å². The molecule has 1 atom stereocenters. The molecule has 178 valence electrons. The monoisotopic (exact) mass is 472 g/mol. The number of nitrogens with one attached hydrogen (secondary N) is 1. The van der Waals surface area contributed by atoms with Crippen molar-refractivity contribution in [1.82, 2.24) is 4.31 Å². The maximum absolute atomic E-state index is 13.0. The third kappa shape index (κ3) is 6.00. The summed E-state index contributed by atoms with van der Waals surface area (Å²) in [5.74, 6) is -0.904. The zero-order chi connectivity index (χ0) is 24.0. The van der Waals surface area contributed by atoms with Crippen molar-refractivity contribution in [2.75, 3.05) is 25.0 Å². The molecular formula is C25H32N2O5S. The first-order chi connectivity index (χ1) is 15.7. The van der Waals surface area contributed by atoms with Gasteiger partial charge in [0.1, 0.15) is 0 Å². The second-order valence-corrected chi connectivity index (χ2v) is 10.4. The van der Waals surface area contributed by atoms with Gasteiger partial charge < -0.3 is 10.1 Å². The van der Waals surface area contributed by atoms with Crippen LogP contribution in [0, 0.1) is 6.92 Å². The minimum absolute atomic E-state index is 0.0638. The number of para-hydroxylation sites is 1. The molecule has 1 N–H and O–H groups in total. The zero-order valence-electron chi connectivity index (χ0n) is 19.5. The molecule has 0 radical (unpaired) electrons. The molecule has 0 unspecified atom stereocenters. The number of aryl methyl sites for hydroxylation is 1. The van der Waals surface area contributed by atoms with Gasteiger partial charge in [0, 0.05) is 18.8 Å². The summed E-state index contributed by atoms with van der Waals surface area (Å²) in [5, 5.41) is 2.81. The molecule has 0 saturated carbocycles. The molecule has 1 heterocycles. The Hall–Kier alpha value is -2.71. The Morgan fingerprint density at radius 1 is 1.09 bits per heavy atom. The molecule has 3 rings (SSSR count). The van der Waals surface area contributed by atoms with Crippen molar-refractivity contribution in [2.45, 2.75) is 57.3 Å². The highest BCUT2D eigenvalue weighted by Gasteiger charge is 2.27. The van der Waals surface area contributed by atoms with Gasteiger partial charge in [-0.05, 0) is 61.4 Å². The van der Waals surface area contributed by atoms with Gasteiger partial charge >= 0.3 is 5.97 Å². The van der Waals surface area contributed by atoms with Gasteiger partial charge in [0.15, 0.2) is 6.61 Å². The largest absolute Gasteiger partial charge is 0.452 e. The molecule has 1 saturated heterocycles. The number of amides is 1. The number of hydrogen-bond donors (Lipinski definition) is 1. The summed E-state index contributed by atoms with van der Waals surface area (Å²) in [5.41, 5.74) is 2.44.